The second kappa shape index (κ2) is 6.26. The van der Waals surface area contributed by atoms with E-state index in [4.69, 9.17) is 9.52 Å². The van der Waals surface area contributed by atoms with Gasteiger partial charge in [-0.1, -0.05) is 36.4 Å². The Bertz CT molecular complexity index is 845. The summed E-state index contributed by atoms with van der Waals surface area (Å²) in [7, 11) is 0. The molecule has 0 fully saturated rings. The van der Waals surface area contributed by atoms with E-state index in [1.807, 2.05) is 24.3 Å². The lowest BCUT2D eigenvalue weighted by Gasteiger charge is -2.07. The molecule has 6 heteroatoms. The lowest BCUT2D eigenvalue weighted by molar-refractivity contribution is -0.136. The molecule has 2 aromatic carbocycles. The van der Waals surface area contributed by atoms with Gasteiger partial charge in [-0.3, -0.25) is 4.79 Å². The fourth-order valence-electron chi connectivity index (χ4n) is 2.22. The van der Waals surface area contributed by atoms with Crippen LogP contribution in [0.3, 0.4) is 0 Å². The molecule has 1 unspecified atom stereocenters. The van der Waals surface area contributed by atoms with E-state index >= 15 is 0 Å². The van der Waals surface area contributed by atoms with Crippen molar-refractivity contribution in [3.05, 3.63) is 66.4 Å². The molecule has 1 heterocycles. The Morgan fingerprint density at radius 3 is 2.43 bits per heavy atom. The number of aromatic nitrogens is 1. The number of carbonyl (C=O) groups is 1. The van der Waals surface area contributed by atoms with Crippen molar-refractivity contribution in [2.24, 2.45) is 0 Å². The van der Waals surface area contributed by atoms with Crippen molar-refractivity contribution in [3.63, 3.8) is 0 Å². The largest absolute Gasteiger partial charge is 0.480 e. The number of hydrogen-bond acceptors (Lipinski definition) is 4. The van der Waals surface area contributed by atoms with Gasteiger partial charge in [-0.15, -0.1) is 0 Å². The Balaban J connectivity index is 2.04. The van der Waals surface area contributed by atoms with Crippen molar-refractivity contribution < 1.29 is 18.7 Å². The Hall–Kier alpha value is -2.60. The molecule has 0 saturated carbocycles. The van der Waals surface area contributed by atoms with Crippen LogP contribution in [0.5, 0.6) is 0 Å². The van der Waals surface area contributed by atoms with E-state index < -0.39 is 11.2 Å². The summed E-state index contributed by atoms with van der Waals surface area (Å²) >= 11 is 3.95. The quantitative estimate of drug-likeness (QED) is 0.704. The standard InChI is InChI=1S/C17H12FNO3S/c18-11-7-5-10(6-8-11)12-3-1-2-4-13(12)14-9-19-16(22-14)15(23)17(20)21/h1-9,15,23H,(H,20,21). The van der Waals surface area contributed by atoms with Crippen molar-refractivity contribution >= 4 is 18.6 Å². The number of aliphatic carboxylic acids is 1. The first-order valence-electron chi connectivity index (χ1n) is 6.78. The van der Waals surface area contributed by atoms with Crippen LogP contribution in [-0.4, -0.2) is 16.1 Å². The third kappa shape index (κ3) is 3.12. The Morgan fingerprint density at radius 1 is 1.13 bits per heavy atom. The smallest absolute Gasteiger partial charge is 0.325 e. The first kappa shape index (κ1) is 15.3. The zero-order valence-electron chi connectivity index (χ0n) is 11.8. The normalized spacial score (nSPS) is 12.1. The van der Waals surface area contributed by atoms with Crippen LogP contribution in [0.15, 0.2) is 59.1 Å². The topological polar surface area (TPSA) is 63.3 Å². The van der Waals surface area contributed by atoms with E-state index in [1.165, 1.54) is 18.3 Å². The minimum absolute atomic E-state index is 0.0183. The second-order valence-corrected chi connectivity index (χ2v) is 5.37. The summed E-state index contributed by atoms with van der Waals surface area (Å²) in [6, 6.07) is 13.5. The minimum Gasteiger partial charge on any atom is -0.480 e. The molecule has 3 aromatic rings. The van der Waals surface area contributed by atoms with Crippen LogP contribution >= 0.6 is 12.6 Å². The van der Waals surface area contributed by atoms with Crippen LogP contribution in [0.25, 0.3) is 22.5 Å². The summed E-state index contributed by atoms with van der Waals surface area (Å²) in [4.78, 5) is 14.9. The average molecular weight is 329 g/mol. The molecule has 0 aliphatic rings. The minimum atomic E-state index is -1.13. The van der Waals surface area contributed by atoms with Gasteiger partial charge in [0, 0.05) is 5.56 Å². The van der Waals surface area contributed by atoms with E-state index in [9.17, 15) is 9.18 Å². The van der Waals surface area contributed by atoms with Crippen LogP contribution in [0.1, 0.15) is 11.1 Å². The van der Waals surface area contributed by atoms with Crippen molar-refractivity contribution in [1.29, 1.82) is 0 Å². The van der Waals surface area contributed by atoms with Crippen LogP contribution in [-0.2, 0) is 4.79 Å². The maximum Gasteiger partial charge on any atom is 0.325 e. The van der Waals surface area contributed by atoms with Gasteiger partial charge in [0.1, 0.15) is 5.82 Å². The molecular weight excluding hydrogens is 317 g/mol. The van der Waals surface area contributed by atoms with Gasteiger partial charge >= 0.3 is 5.97 Å². The molecule has 0 aliphatic carbocycles. The summed E-state index contributed by atoms with van der Waals surface area (Å²) in [6.07, 6.45) is 1.46. The highest BCUT2D eigenvalue weighted by atomic mass is 32.1. The second-order valence-electron chi connectivity index (χ2n) is 4.86. The van der Waals surface area contributed by atoms with E-state index in [1.54, 1.807) is 12.1 Å². The van der Waals surface area contributed by atoms with Gasteiger partial charge in [0.05, 0.1) is 6.20 Å². The SMILES string of the molecule is O=C(O)C(S)c1ncc(-c2ccccc2-c2ccc(F)cc2)o1. The highest BCUT2D eigenvalue weighted by molar-refractivity contribution is 7.81. The van der Waals surface area contributed by atoms with Gasteiger partial charge in [0.15, 0.2) is 11.0 Å². The molecule has 1 N–H and O–H groups in total. The molecule has 0 saturated heterocycles. The van der Waals surface area contributed by atoms with E-state index in [0.717, 1.165) is 16.7 Å². The van der Waals surface area contributed by atoms with Crippen molar-refractivity contribution in [3.8, 4) is 22.5 Å². The van der Waals surface area contributed by atoms with Gasteiger partial charge < -0.3 is 9.52 Å². The summed E-state index contributed by atoms with van der Waals surface area (Å²) in [6.45, 7) is 0. The lowest BCUT2D eigenvalue weighted by atomic mass is 9.98. The molecule has 23 heavy (non-hydrogen) atoms. The number of rotatable bonds is 4. The zero-order valence-corrected chi connectivity index (χ0v) is 12.7. The Morgan fingerprint density at radius 2 is 1.78 bits per heavy atom. The number of halogens is 1. The molecular formula is C17H12FNO3S. The van der Waals surface area contributed by atoms with Crippen LogP contribution in [0.4, 0.5) is 4.39 Å². The van der Waals surface area contributed by atoms with E-state index in [0.29, 0.717) is 5.76 Å². The first-order valence-corrected chi connectivity index (χ1v) is 7.30. The number of benzene rings is 2. The number of carboxylic acid groups (broad SMARTS) is 1. The molecule has 0 aliphatic heterocycles. The Labute approximate surface area is 137 Å². The van der Waals surface area contributed by atoms with Crippen LogP contribution in [0, 0.1) is 5.82 Å². The highest BCUT2D eigenvalue weighted by Gasteiger charge is 2.21. The van der Waals surface area contributed by atoms with Crippen molar-refractivity contribution in [1.82, 2.24) is 4.98 Å². The molecule has 4 nitrogen and oxygen atoms in total. The molecule has 116 valence electrons. The molecule has 0 amide bonds. The maximum absolute atomic E-state index is 13.1. The third-order valence-corrected chi connectivity index (χ3v) is 3.78. The monoisotopic (exact) mass is 329 g/mol. The summed E-state index contributed by atoms with van der Waals surface area (Å²) in [5.41, 5.74) is 2.39. The van der Waals surface area contributed by atoms with Crippen LogP contribution < -0.4 is 0 Å². The average Bonchev–Trinajstić information content (AvgIpc) is 3.04. The number of nitrogens with zero attached hydrogens (tertiary/aromatic N) is 1. The maximum atomic E-state index is 13.1. The fourth-order valence-corrected chi connectivity index (χ4v) is 2.34. The predicted octanol–water partition coefficient (Wildman–Crippen LogP) is 4.20. The van der Waals surface area contributed by atoms with E-state index in [2.05, 4.69) is 17.6 Å². The summed E-state index contributed by atoms with van der Waals surface area (Å²) < 4.78 is 18.6. The van der Waals surface area contributed by atoms with Gasteiger partial charge in [-0.2, -0.15) is 12.6 Å². The fraction of sp³-hybridized carbons (Fsp3) is 0.0588. The number of oxazole rings is 1. The third-order valence-electron chi connectivity index (χ3n) is 3.34. The predicted molar refractivity (Wildman–Crippen MR) is 86.7 cm³/mol. The molecule has 3 rings (SSSR count). The number of thiol groups is 1. The van der Waals surface area contributed by atoms with Gasteiger partial charge in [0.25, 0.3) is 0 Å². The lowest BCUT2D eigenvalue weighted by Crippen LogP contribution is -2.04. The molecule has 0 bridgehead atoms. The van der Waals surface area contributed by atoms with E-state index in [-0.39, 0.29) is 11.7 Å². The molecule has 0 spiro atoms. The van der Waals surface area contributed by atoms with Crippen LogP contribution in [0.2, 0.25) is 0 Å². The number of hydrogen-bond donors (Lipinski definition) is 2. The Kier molecular flexibility index (Phi) is 4.16. The summed E-state index contributed by atoms with van der Waals surface area (Å²) in [5.74, 6) is -0.994. The molecule has 0 radical (unpaired) electrons. The van der Waals surface area contributed by atoms with Crippen molar-refractivity contribution in [2.75, 3.05) is 0 Å². The summed E-state index contributed by atoms with van der Waals surface area (Å²) in [5, 5.41) is 7.84. The molecule has 1 atom stereocenters. The first-order chi connectivity index (χ1) is 11.1. The van der Waals surface area contributed by atoms with Crippen molar-refractivity contribution in [2.45, 2.75) is 5.25 Å². The molecule has 1 aromatic heterocycles. The van der Waals surface area contributed by atoms with Gasteiger partial charge in [-0.05, 0) is 23.3 Å². The highest BCUT2D eigenvalue weighted by Crippen LogP contribution is 2.33. The van der Waals surface area contributed by atoms with Gasteiger partial charge in [-0.25, -0.2) is 9.37 Å². The van der Waals surface area contributed by atoms with Gasteiger partial charge in [0.2, 0.25) is 5.89 Å². The zero-order chi connectivity index (χ0) is 16.4. The number of carboxylic acids is 1.